The minimum absolute atomic E-state index is 0.659. The van der Waals surface area contributed by atoms with Gasteiger partial charge in [-0.2, -0.15) is 0 Å². The average Bonchev–Trinajstić information content (AvgIpc) is 2.20. The van der Waals surface area contributed by atoms with E-state index in [0.29, 0.717) is 0 Å². The second-order valence-corrected chi connectivity index (χ2v) is 4.41. The first-order chi connectivity index (χ1) is 6.84. The summed E-state index contributed by atoms with van der Waals surface area (Å²) in [5, 5.41) is 46.6. The minimum atomic E-state index is -2.42. The summed E-state index contributed by atoms with van der Waals surface area (Å²) in [7, 11) is 0. The van der Waals surface area contributed by atoms with Gasteiger partial charge in [0.2, 0.25) is 5.79 Å². The molecular formula is C7H12Cl2O6. The molecule has 0 amide bonds. The third-order valence-corrected chi connectivity index (χ3v) is 2.94. The lowest BCUT2D eigenvalue weighted by Crippen LogP contribution is -2.67. The minimum Gasteiger partial charge on any atom is -0.394 e. The number of aliphatic hydroxyl groups excluding tert-OH is 4. The molecule has 1 fully saturated rings. The van der Waals surface area contributed by atoms with Crippen LogP contribution in [0.3, 0.4) is 0 Å². The average molecular weight is 263 g/mol. The van der Waals surface area contributed by atoms with Crippen molar-refractivity contribution in [2.45, 2.75) is 35.0 Å². The van der Waals surface area contributed by atoms with E-state index in [-0.39, 0.29) is 0 Å². The molecule has 0 unspecified atom stereocenters. The Kier molecular flexibility index (Phi) is 4.19. The van der Waals surface area contributed by atoms with E-state index in [1.807, 2.05) is 0 Å². The van der Waals surface area contributed by atoms with Crippen LogP contribution in [0.1, 0.15) is 0 Å². The summed E-state index contributed by atoms with van der Waals surface area (Å²) < 4.78 is 4.76. The van der Waals surface area contributed by atoms with Gasteiger partial charge in [0.1, 0.15) is 24.4 Å². The molecule has 0 bridgehead atoms. The van der Waals surface area contributed by atoms with Crippen LogP contribution >= 0.6 is 23.2 Å². The lowest BCUT2D eigenvalue weighted by atomic mass is 9.93. The fourth-order valence-electron chi connectivity index (χ4n) is 1.36. The Morgan fingerprint density at radius 2 is 1.73 bits per heavy atom. The van der Waals surface area contributed by atoms with Crippen molar-refractivity contribution in [3.05, 3.63) is 0 Å². The second kappa shape index (κ2) is 4.68. The van der Waals surface area contributed by atoms with Gasteiger partial charge in [0.25, 0.3) is 0 Å². The van der Waals surface area contributed by atoms with Crippen molar-refractivity contribution in [1.29, 1.82) is 0 Å². The number of hydrogen-bond acceptors (Lipinski definition) is 6. The van der Waals surface area contributed by atoms with Gasteiger partial charge in [0.05, 0.1) is 6.61 Å². The quantitative estimate of drug-likeness (QED) is 0.367. The molecule has 5 atom stereocenters. The number of aliphatic hydroxyl groups is 5. The lowest BCUT2D eigenvalue weighted by Gasteiger charge is -2.45. The van der Waals surface area contributed by atoms with E-state index in [9.17, 15) is 20.4 Å². The Morgan fingerprint density at radius 3 is 2.13 bits per heavy atom. The van der Waals surface area contributed by atoms with Gasteiger partial charge in [-0.05, 0) is 0 Å². The maximum Gasteiger partial charge on any atom is 0.226 e. The smallest absolute Gasteiger partial charge is 0.226 e. The molecule has 15 heavy (non-hydrogen) atoms. The van der Waals surface area contributed by atoms with Crippen molar-refractivity contribution in [1.82, 2.24) is 0 Å². The van der Waals surface area contributed by atoms with Crippen LogP contribution in [0.4, 0.5) is 0 Å². The summed E-state index contributed by atoms with van der Waals surface area (Å²) in [5.74, 6) is -2.42. The Balaban J connectivity index is 2.92. The Hall–Kier alpha value is 0.340. The molecule has 0 aromatic heterocycles. The molecule has 0 radical (unpaired) electrons. The van der Waals surface area contributed by atoms with Crippen molar-refractivity contribution in [3.63, 3.8) is 0 Å². The van der Waals surface area contributed by atoms with Gasteiger partial charge in [-0.25, -0.2) is 0 Å². The summed E-state index contributed by atoms with van der Waals surface area (Å²) in [6.45, 7) is -0.659. The summed E-state index contributed by atoms with van der Waals surface area (Å²) in [6, 6.07) is 0. The van der Waals surface area contributed by atoms with Crippen LogP contribution in [-0.4, -0.2) is 67.2 Å². The molecule has 8 heteroatoms. The normalized spacial score (nSPS) is 47.2. The first-order valence-electron chi connectivity index (χ1n) is 4.18. The highest BCUT2D eigenvalue weighted by atomic mass is 35.5. The predicted molar refractivity (Wildman–Crippen MR) is 50.4 cm³/mol. The number of ether oxygens (including phenoxy) is 1. The van der Waals surface area contributed by atoms with Crippen molar-refractivity contribution < 1.29 is 30.3 Å². The third-order valence-electron chi connectivity index (χ3n) is 2.31. The number of halogens is 2. The SMILES string of the molecule is OC[C@H]1O[C@@](O)(C(Cl)Cl)[C@H](O)[C@@H](O)[C@@H]1O. The number of rotatable bonds is 2. The predicted octanol–water partition coefficient (Wildman–Crippen LogP) is -2.05. The van der Waals surface area contributed by atoms with Gasteiger partial charge in [0.15, 0.2) is 4.84 Å². The highest BCUT2D eigenvalue weighted by Gasteiger charge is 2.55. The van der Waals surface area contributed by atoms with Crippen molar-refractivity contribution in [2.24, 2.45) is 0 Å². The highest BCUT2D eigenvalue weighted by molar-refractivity contribution is 6.45. The molecule has 0 spiro atoms. The standard InChI is InChI=1S/C7H12Cl2O6/c8-6(9)7(14)5(13)4(12)3(11)2(1-10)15-7/h2-6,10-14H,1H2/t2-,3-,4+,5-,7-/m1/s1. The van der Waals surface area contributed by atoms with Crippen LogP contribution < -0.4 is 0 Å². The zero-order valence-corrected chi connectivity index (χ0v) is 9.01. The summed E-state index contributed by atoms with van der Waals surface area (Å²) in [4.78, 5) is -1.54. The van der Waals surface area contributed by atoms with Crippen LogP contribution in [0.25, 0.3) is 0 Å². The molecule has 0 aromatic rings. The van der Waals surface area contributed by atoms with E-state index in [1.54, 1.807) is 0 Å². The topological polar surface area (TPSA) is 110 Å². The highest BCUT2D eigenvalue weighted by Crippen LogP contribution is 2.34. The van der Waals surface area contributed by atoms with Crippen molar-refractivity contribution in [2.75, 3.05) is 6.61 Å². The third kappa shape index (κ3) is 2.22. The molecule has 1 rings (SSSR count). The van der Waals surface area contributed by atoms with Gasteiger partial charge in [-0.3, -0.25) is 0 Å². The molecule has 1 aliphatic rings. The summed E-state index contributed by atoms with van der Waals surface area (Å²) in [6.07, 6.45) is -6.37. The fourth-order valence-corrected chi connectivity index (χ4v) is 1.72. The van der Waals surface area contributed by atoms with Gasteiger partial charge < -0.3 is 30.3 Å². The van der Waals surface area contributed by atoms with E-state index >= 15 is 0 Å². The molecule has 90 valence electrons. The first kappa shape index (κ1) is 13.4. The van der Waals surface area contributed by atoms with E-state index in [1.165, 1.54) is 0 Å². The molecule has 0 saturated carbocycles. The molecule has 1 aliphatic heterocycles. The van der Waals surface area contributed by atoms with Crippen LogP contribution in [0.5, 0.6) is 0 Å². The summed E-state index contributed by atoms with van der Waals surface area (Å²) in [5.41, 5.74) is 0. The molecule has 0 aromatic carbocycles. The van der Waals surface area contributed by atoms with Gasteiger partial charge in [-0.15, -0.1) is 0 Å². The maximum atomic E-state index is 9.69. The maximum absolute atomic E-state index is 9.69. The molecule has 6 nitrogen and oxygen atoms in total. The molecule has 5 N–H and O–H groups in total. The molecular weight excluding hydrogens is 251 g/mol. The lowest BCUT2D eigenvalue weighted by molar-refractivity contribution is -0.343. The van der Waals surface area contributed by atoms with E-state index < -0.39 is 41.6 Å². The van der Waals surface area contributed by atoms with E-state index in [0.717, 1.165) is 0 Å². The van der Waals surface area contributed by atoms with E-state index in [2.05, 4.69) is 0 Å². The first-order valence-corrected chi connectivity index (χ1v) is 5.05. The summed E-state index contributed by atoms with van der Waals surface area (Å²) >= 11 is 10.8. The van der Waals surface area contributed by atoms with Gasteiger partial charge >= 0.3 is 0 Å². The number of hydrogen-bond donors (Lipinski definition) is 5. The molecule has 1 saturated heterocycles. The largest absolute Gasteiger partial charge is 0.394 e. The molecule has 0 aliphatic carbocycles. The van der Waals surface area contributed by atoms with Gasteiger partial charge in [-0.1, -0.05) is 23.2 Å². The zero-order valence-electron chi connectivity index (χ0n) is 7.49. The van der Waals surface area contributed by atoms with Crippen molar-refractivity contribution in [3.8, 4) is 0 Å². The second-order valence-electron chi connectivity index (χ2n) is 3.32. The van der Waals surface area contributed by atoms with Gasteiger partial charge in [0, 0.05) is 0 Å². The Bertz CT molecular complexity index is 226. The zero-order chi connectivity index (χ0) is 11.8. The van der Waals surface area contributed by atoms with Crippen LogP contribution in [0, 0.1) is 0 Å². The Morgan fingerprint density at radius 1 is 1.20 bits per heavy atom. The van der Waals surface area contributed by atoms with Crippen LogP contribution in [0.2, 0.25) is 0 Å². The fraction of sp³-hybridized carbons (Fsp3) is 1.00. The van der Waals surface area contributed by atoms with E-state index in [4.69, 9.17) is 33.0 Å². The number of alkyl halides is 2. The van der Waals surface area contributed by atoms with Crippen LogP contribution in [-0.2, 0) is 4.74 Å². The monoisotopic (exact) mass is 262 g/mol. The Labute approximate surface area is 95.6 Å². The van der Waals surface area contributed by atoms with Crippen molar-refractivity contribution >= 4 is 23.2 Å². The van der Waals surface area contributed by atoms with Crippen LogP contribution in [0.15, 0.2) is 0 Å². The molecule has 1 heterocycles.